The maximum absolute atomic E-state index is 4.15. The number of aromatic amines is 1. The second kappa shape index (κ2) is 7.77. The minimum atomic E-state index is 0.886. The van der Waals surface area contributed by atoms with Crippen LogP contribution in [0.1, 0.15) is 27.9 Å². The minimum Gasteiger partial charge on any atom is -0.357 e. The molecule has 2 aromatic carbocycles. The molecule has 0 aliphatic rings. The number of hydrogen-bond donors (Lipinski definition) is 1. The van der Waals surface area contributed by atoms with Gasteiger partial charge in [0.05, 0.1) is 0 Å². The summed E-state index contributed by atoms with van der Waals surface area (Å²) in [6.45, 7) is 7.04. The fraction of sp³-hybridized carbons (Fsp3) is 0.208. The third-order valence-corrected chi connectivity index (χ3v) is 5.13. The normalized spacial score (nSPS) is 11.4. The topological polar surface area (TPSA) is 31.9 Å². The van der Waals surface area contributed by atoms with Gasteiger partial charge in [-0.25, -0.2) is 0 Å². The Morgan fingerprint density at radius 1 is 0.778 bits per heavy atom. The van der Waals surface area contributed by atoms with Gasteiger partial charge in [0.2, 0.25) is 0 Å². The molecule has 4 aromatic rings. The molecule has 4 rings (SSSR count). The quantitative estimate of drug-likeness (QED) is 0.503. The van der Waals surface area contributed by atoms with Crippen LogP contribution in [-0.4, -0.2) is 14.9 Å². The summed E-state index contributed by atoms with van der Waals surface area (Å²) in [5, 5.41) is 1.31. The number of nitrogens with zero attached hydrogens (tertiary/aromatic N) is 2. The first-order valence-electron chi connectivity index (χ1n) is 9.42. The SMILES string of the molecule is Cc1ccc(CN(Cc2ccncc2)Cc2[nH]c3ccccc3c2C)cc1. The number of benzene rings is 2. The van der Waals surface area contributed by atoms with Crippen LogP contribution < -0.4 is 0 Å². The molecule has 0 bridgehead atoms. The third kappa shape index (κ3) is 4.09. The molecule has 0 fully saturated rings. The lowest BCUT2D eigenvalue weighted by molar-refractivity contribution is 0.244. The van der Waals surface area contributed by atoms with Gasteiger partial charge in [0.25, 0.3) is 0 Å². The standard InChI is InChI=1S/C24H25N3/c1-18-7-9-20(10-8-18)15-27(16-21-11-13-25-14-12-21)17-24-19(2)22-5-3-4-6-23(22)26-24/h3-14,26H,15-17H2,1-2H3. The van der Waals surface area contributed by atoms with Gasteiger partial charge >= 0.3 is 0 Å². The molecule has 0 atom stereocenters. The molecule has 0 spiro atoms. The highest BCUT2D eigenvalue weighted by Crippen LogP contribution is 2.23. The summed E-state index contributed by atoms with van der Waals surface area (Å²) in [6.07, 6.45) is 3.74. The first kappa shape index (κ1) is 17.5. The second-order valence-electron chi connectivity index (χ2n) is 7.26. The molecule has 0 saturated heterocycles. The van der Waals surface area contributed by atoms with Crippen LogP contribution in [0.5, 0.6) is 0 Å². The van der Waals surface area contributed by atoms with Crippen molar-refractivity contribution < 1.29 is 0 Å². The van der Waals surface area contributed by atoms with Crippen molar-refractivity contribution in [3.8, 4) is 0 Å². The summed E-state index contributed by atoms with van der Waals surface area (Å²) in [6, 6.07) is 21.6. The third-order valence-electron chi connectivity index (χ3n) is 5.13. The molecule has 3 heteroatoms. The van der Waals surface area contributed by atoms with E-state index in [2.05, 4.69) is 89.4 Å². The van der Waals surface area contributed by atoms with Crippen molar-refractivity contribution in [3.05, 3.63) is 101 Å². The molecule has 0 unspecified atom stereocenters. The Labute approximate surface area is 160 Å². The molecule has 2 heterocycles. The number of fused-ring (bicyclic) bond motifs is 1. The first-order valence-corrected chi connectivity index (χ1v) is 9.42. The van der Waals surface area contributed by atoms with Crippen molar-refractivity contribution >= 4 is 10.9 Å². The van der Waals surface area contributed by atoms with Gasteiger partial charge in [-0.3, -0.25) is 9.88 Å². The first-order chi connectivity index (χ1) is 13.2. The van der Waals surface area contributed by atoms with E-state index in [0.29, 0.717) is 0 Å². The van der Waals surface area contributed by atoms with Crippen LogP contribution in [-0.2, 0) is 19.6 Å². The van der Waals surface area contributed by atoms with Gasteiger partial charge in [-0.1, -0.05) is 48.0 Å². The van der Waals surface area contributed by atoms with Crippen molar-refractivity contribution in [2.45, 2.75) is 33.5 Å². The van der Waals surface area contributed by atoms with Gasteiger partial charge in [-0.05, 0) is 48.7 Å². The molecule has 0 amide bonds. The Kier molecular flexibility index (Phi) is 5.03. The summed E-state index contributed by atoms with van der Waals surface area (Å²) in [5.41, 5.74) is 7.76. The predicted octanol–water partition coefficient (Wildman–Crippen LogP) is 5.38. The lowest BCUT2D eigenvalue weighted by Gasteiger charge is -2.22. The molecule has 1 N–H and O–H groups in total. The zero-order chi connectivity index (χ0) is 18.6. The Morgan fingerprint density at radius 2 is 1.44 bits per heavy atom. The molecule has 3 nitrogen and oxygen atoms in total. The van der Waals surface area contributed by atoms with Crippen molar-refractivity contribution in [3.63, 3.8) is 0 Å². The molecule has 0 radical (unpaired) electrons. The van der Waals surface area contributed by atoms with E-state index in [1.54, 1.807) is 0 Å². The summed E-state index contributed by atoms with van der Waals surface area (Å²) >= 11 is 0. The van der Waals surface area contributed by atoms with E-state index in [1.807, 2.05) is 12.4 Å². The van der Waals surface area contributed by atoms with Crippen LogP contribution in [0, 0.1) is 13.8 Å². The maximum atomic E-state index is 4.15. The van der Waals surface area contributed by atoms with Crippen molar-refractivity contribution in [1.29, 1.82) is 0 Å². The molecular formula is C24H25N3. The van der Waals surface area contributed by atoms with E-state index in [0.717, 1.165) is 19.6 Å². The average molecular weight is 355 g/mol. The van der Waals surface area contributed by atoms with Crippen molar-refractivity contribution in [2.75, 3.05) is 0 Å². The highest BCUT2D eigenvalue weighted by atomic mass is 15.1. The number of para-hydroxylation sites is 1. The van der Waals surface area contributed by atoms with Gasteiger partial charge in [0.15, 0.2) is 0 Å². The minimum absolute atomic E-state index is 0.886. The smallest absolute Gasteiger partial charge is 0.0459 e. The van der Waals surface area contributed by atoms with Gasteiger partial charge in [-0.15, -0.1) is 0 Å². The molecule has 0 saturated carbocycles. The predicted molar refractivity (Wildman–Crippen MR) is 111 cm³/mol. The Morgan fingerprint density at radius 3 is 2.15 bits per heavy atom. The number of hydrogen-bond acceptors (Lipinski definition) is 2. The largest absolute Gasteiger partial charge is 0.357 e. The molecule has 27 heavy (non-hydrogen) atoms. The Balaban J connectivity index is 1.61. The lowest BCUT2D eigenvalue weighted by Crippen LogP contribution is -2.23. The number of aryl methyl sites for hydroxylation is 2. The highest BCUT2D eigenvalue weighted by Gasteiger charge is 2.13. The van der Waals surface area contributed by atoms with Crippen LogP contribution >= 0.6 is 0 Å². The summed E-state index contributed by atoms with van der Waals surface area (Å²) in [4.78, 5) is 10.3. The fourth-order valence-electron chi connectivity index (χ4n) is 3.59. The van der Waals surface area contributed by atoms with E-state index in [-0.39, 0.29) is 0 Å². The summed E-state index contributed by atoms with van der Waals surface area (Å²) in [5.74, 6) is 0. The van der Waals surface area contributed by atoms with E-state index in [9.17, 15) is 0 Å². The zero-order valence-corrected chi connectivity index (χ0v) is 15.9. The van der Waals surface area contributed by atoms with Crippen LogP contribution in [0.3, 0.4) is 0 Å². The fourth-order valence-corrected chi connectivity index (χ4v) is 3.59. The van der Waals surface area contributed by atoms with Gasteiger partial charge in [0.1, 0.15) is 0 Å². The van der Waals surface area contributed by atoms with Crippen LogP contribution in [0.2, 0.25) is 0 Å². The number of nitrogens with one attached hydrogen (secondary N) is 1. The number of pyridine rings is 1. The van der Waals surface area contributed by atoms with E-state index >= 15 is 0 Å². The van der Waals surface area contributed by atoms with Crippen molar-refractivity contribution in [2.24, 2.45) is 0 Å². The summed E-state index contributed by atoms with van der Waals surface area (Å²) < 4.78 is 0. The van der Waals surface area contributed by atoms with E-state index < -0.39 is 0 Å². The summed E-state index contributed by atoms with van der Waals surface area (Å²) in [7, 11) is 0. The highest BCUT2D eigenvalue weighted by molar-refractivity contribution is 5.84. The van der Waals surface area contributed by atoms with E-state index in [1.165, 1.54) is 38.9 Å². The van der Waals surface area contributed by atoms with Gasteiger partial charge in [0, 0.05) is 48.6 Å². The zero-order valence-electron chi connectivity index (χ0n) is 15.9. The number of rotatable bonds is 6. The monoisotopic (exact) mass is 355 g/mol. The average Bonchev–Trinajstić information content (AvgIpc) is 3.00. The molecule has 0 aliphatic heterocycles. The van der Waals surface area contributed by atoms with Gasteiger partial charge < -0.3 is 4.98 Å². The van der Waals surface area contributed by atoms with Crippen molar-refractivity contribution in [1.82, 2.24) is 14.9 Å². The maximum Gasteiger partial charge on any atom is 0.0459 e. The number of aromatic nitrogens is 2. The molecule has 136 valence electrons. The number of H-pyrrole nitrogens is 1. The molecule has 0 aliphatic carbocycles. The van der Waals surface area contributed by atoms with Gasteiger partial charge in [-0.2, -0.15) is 0 Å². The second-order valence-corrected chi connectivity index (χ2v) is 7.26. The molecular weight excluding hydrogens is 330 g/mol. The van der Waals surface area contributed by atoms with E-state index in [4.69, 9.17) is 0 Å². The van der Waals surface area contributed by atoms with Crippen LogP contribution in [0.4, 0.5) is 0 Å². The van der Waals surface area contributed by atoms with Crippen LogP contribution in [0.15, 0.2) is 73.1 Å². The Bertz CT molecular complexity index is 1020. The van der Waals surface area contributed by atoms with Crippen LogP contribution in [0.25, 0.3) is 10.9 Å². The lowest BCUT2D eigenvalue weighted by atomic mass is 10.1. The molecule has 2 aromatic heterocycles. The Hall–Kier alpha value is -2.91.